The number of hydrogen-bond acceptors (Lipinski definition) is 3. The van der Waals surface area contributed by atoms with Crippen molar-refractivity contribution >= 4 is 0 Å². The molecule has 1 aromatic carbocycles. The van der Waals surface area contributed by atoms with E-state index in [2.05, 4.69) is 4.90 Å². The summed E-state index contributed by atoms with van der Waals surface area (Å²) in [4.78, 5) is 2.10. The van der Waals surface area contributed by atoms with Gasteiger partial charge in [-0.3, -0.25) is 4.90 Å². The minimum absolute atomic E-state index is 0.250. The van der Waals surface area contributed by atoms with E-state index in [1.54, 1.807) is 13.2 Å². The highest BCUT2D eigenvalue weighted by Gasteiger charge is 2.21. The Morgan fingerprint density at radius 2 is 2.38 bits per heavy atom. The van der Waals surface area contributed by atoms with Gasteiger partial charge in [0.1, 0.15) is 11.6 Å². The van der Waals surface area contributed by atoms with Gasteiger partial charge in [-0.05, 0) is 24.6 Å². The molecule has 88 valence electrons. The smallest absolute Gasteiger partial charge is 0.123 e. The normalized spacial score (nSPS) is 21.3. The van der Waals surface area contributed by atoms with E-state index in [1.807, 2.05) is 0 Å². The van der Waals surface area contributed by atoms with Crippen LogP contribution in [0.4, 0.5) is 4.39 Å². The van der Waals surface area contributed by atoms with Gasteiger partial charge in [-0.15, -0.1) is 0 Å². The van der Waals surface area contributed by atoms with E-state index >= 15 is 0 Å². The molecule has 1 N–H and O–H groups in total. The van der Waals surface area contributed by atoms with E-state index in [-0.39, 0.29) is 11.9 Å². The molecule has 1 saturated heterocycles. The third-order valence-electron chi connectivity index (χ3n) is 2.88. The van der Waals surface area contributed by atoms with Crippen LogP contribution in [0.5, 0.6) is 5.75 Å². The van der Waals surface area contributed by atoms with Crippen LogP contribution in [-0.2, 0) is 6.54 Å². The van der Waals surface area contributed by atoms with Crippen molar-refractivity contribution in [2.75, 3.05) is 20.2 Å². The maximum Gasteiger partial charge on any atom is 0.123 e. The highest BCUT2D eigenvalue weighted by atomic mass is 19.1. The summed E-state index contributed by atoms with van der Waals surface area (Å²) in [5.41, 5.74) is 0.830. The molecule has 4 heteroatoms. The molecule has 0 spiro atoms. The third-order valence-corrected chi connectivity index (χ3v) is 2.88. The predicted octanol–water partition coefficient (Wildman–Crippen LogP) is 1.40. The Labute approximate surface area is 94.4 Å². The first-order valence-corrected chi connectivity index (χ1v) is 5.42. The predicted molar refractivity (Wildman–Crippen MR) is 58.9 cm³/mol. The number of likely N-dealkylation sites (tertiary alicyclic amines) is 1. The van der Waals surface area contributed by atoms with Gasteiger partial charge in [0.05, 0.1) is 13.2 Å². The molecule has 1 fully saturated rings. The summed E-state index contributed by atoms with van der Waals surface area (Å²) >= 11 is 0. The molecule has 1 aliphatic heterocycles. The van der Waals surface area contributed by atoms with Crippen LogP contribution < -0.4 is 4.74 Å². The average Bonchev–Trinajstić information content (AvgIpc) is 2.64. The fourth-order valence-corrected chi connectivity index (χ4v) is 2.07. The third kappa shape index (κ3) is 2.51. The largest absolute Gasteiger partial charge is 0.496 e. The molecule has 16 heavy (non-hydrogen) atoms. The topological polar surface area (TPSA) is 32.7 Å². The van der Waals surface area contributed by atoms with Crippen LogP contribution >= 0.6 is 0 Å². The van der Waals surface area contributed by atoms with Crippen molar-refractivity contribution in [2.45, 2.75) is 19.1 Å². The van der Waals surface area contributed by atoms with Gasteiger partial charge in [0.25, 0.3) is 0 Å². The second-order valence-electron chi connectivity index (χ2n) is 4.13. The Morgan fingerprint density at radius 3 is 3.00 bits per heavy atom. The molecular formula is C12H16FNO2. The number of halogens is 1. The molecule has 0 amide bonds. The molecule has 0 saturated carbocycles. The fraction of sp³-hybridized carbons (Fsp3) is 0.500. The second-order valence-corrected chi connectivity index (χ2v) is 4.13. The Balaban J connectivity index is 2.10. The molecule has 2 rings (SSSR count). The van der Waals surface area contributed by atoms with Crippen molar-refractivity contribution in [3.63, 3.8) is 0 Å². The van der Waals surface area contributed by atoms with E-state index in [0.717, 1.165) is 18.5 Å². The highest BCUT2D eigenvalue weighted by molar-refractivity contribution is 5.33. The molecule has 0 bridgehead atoms. The zero-order valence-electron chi connectivity index (χ0n) is 9.32. The molecule has 0 aromatic heterocycles. The summed E-state index contributed by atoms with van der Waals surface area (Å²) in [6.45, 7) is 2.12. The van der Waals surface area contributed by atoms with Gasteiger partial charge < -0.3 is 9.84 Å². The molecule has 0 aliphatic carbocycles. The molecule has 1 heterocycles. The number of methoxy groups -OCH3 is 1. The molecule has 1 atom stereocenters. The number of rotatable bonds is 3. The van der Waals surface area contributed by atoms with Gasteiger partial charge in [0, 0.05) is 25.2 Å². The van der Waals surface area contributed by atoms with Crippen molar-refractivity contribution in [3.05, 3.63) is 29.6 Å². The van der Waals surface area contributed by atoms with Crippen LogP contribution in [0.25, 0.3) is 0 Å². The number of aliphatic hydroxyl groups is 1. The number of hydrogen-bond donors (Lipinski definition) is 1. The van der Waals surface area contributed by atoms with Crippen molar-refractivity contribution in [1.82, 2.24) is 4.90 Å². The van der Waals surface area contributed by atoms with Gasteiger partial charge in [-0.25, -0.2) is 4.39 Å². The first-order valence-electron chi connectivity index (χ1n) is 5.42. The zero-order chi connectivity index (χ0) is 11.5. The highest BCUT2D eigenvalue weighted by Crippen LogP contribution is 2.22. The average molecular weight is 225 g/mol. The van der Waals surface area contributed by atoms with Gasteiger partial charge in [0.2, 0.25) is 0 Å². The maximum atomic E-state index is 13.1. The molecule has 3 nitrogen and oxygen atoms in total. The quantitative estimate of drug-likeness (QED) is 0.844. The lowest BCUT2D eigenvalue weighted by Gasteiger charge is -2.17. The van der Waals surface area contributed by atoms with Gasteiger partial charge in [-0.1, -0.05) is 0 Å². The number of benzene rings is 1. The first-order chi connectivity index (χ1) is 7.69. The first kappa shape index (κ1) is 11.4. The monoisotopic (exact) mass is 225 g/mol. The van der Waals surface area contributed by atoms with Crippen molar-refractivity contribution < 1.29 is 14.2 Å². The van der Waals surface area contributed by atoms with E-state index in [0.29, 0.717) is 18.8 Å². The maximum absolute atomic E-state index is 13.1. The van der Waals surface area contributed by atoms with Gasteiger partial charge in [0.15, 0.2) is 0 Å². The number of ether oxygens (including phenoxy) is 1. The number of β-amino-alcohol motifs (C(OH)–C–C–N with tert-alkyl or cyclic N) is 1. The summed E-state index contributed by atoms with van der Waals surface area (Å²) in [5, 5.41) is 9.41. The Morgan fingerprint density at radius 1 is 1.56 bits per heavy atom. The van der Waals surface area contributed by atoms with Crippen LogP contribution in [-0.4, -0.2) is 36.3 Å². The van der Waals surface area contributed by atoms with Crippen LogP contribution in [0.2, 0.25) is 0 Å². The molecule has 1 aromatic rings. The minimum atomic E-state index is -0.254. The van der Waals surface area contributed by atoms with E-state index in [4.69, 9.17) is 4.74 Å². The lowest BCUT2D eigenvalue weighted by atomic mass is 10.2. The van der Waals surface area contributed by atoms with E-state index in [1.165, 1.54) is 12.1 Å². The summed E-state index contributed by atoms with van der Waals surface area (Å²) in [5.74, 6) is 0.443. The van der Waals surface area contributed by atoms with Crippen LogP contribution in [0.15, 0.2) is 18.2 Å². The summed E-state index contributed by atoms with van der Waals surface area (Å²) in [7, 11) is 1.58. The van der Waals surface area contributed by atoms with Crippen molar-refractivity contribution in [2.24, 2.45) is 0 Å². The Kier molecular flexibility index (Phi) is 3.41. The molecule has 0 radical (unpaired) electrons. The van der Waals surface area contributed by atoms with E-state index in [9.17, 15) is 9.50 Å². The summed E-state index contributed by atoms with van der Waals surface area (Å²) in [6.07, 6.45) is 0.539. The number of nitrogens with zero attached hydrogens (tertiary/aromatic N) is 1. The Hall–Kier alpha value is -1.13. The SMILES string of the molecule is COc1ccc(F)cc1CN1CCC(O)C1. The standard InChI is InChI=1S/C12H16FNO2/c1-16-12-3-2-10(13)6-9(12)7-14-5-4-11(15)8-14/h2-3,6,11,15H,4-5,7-8H2,1H3. The summed E-state index contributed by atoms with van der Waals surface area (Å²) in [6, 6.07) is 4.52. The van der Waals surface area contributed by atoms with E-state index < -0.39 is 0 Å². The van der Waals surface area contributed by atoms with Crippen molar-refractivity contribution in [1.29, 1.82) is 0 Å². The second kappa shape index (κ2) is 4.80. The molecular weight excluding hydrogens is 209 g/mol. The molecule has 1 unspecified atom stereocenters. The van der Waals surface area contributed by atoms with Crippen molar-refractivity contribution in [3.8, 4) is 5.75 Å². The summed E-state index contributed by atoms with van der Waals surface area (Å²) < 4.78 is 18.3. The molecule has 1 aliphatic rings. The fourth-order valence-electron chi connectivity index (χ4n) is 2.07. The van der Waals surface area contributed by atoms with Crippen LogP contribution in [0.1, 0.15) is 12.0 Å². The lowest BCUT2D eigenvalue weighted by Crippen LogP contribution is -2.21. The lowest BCUT2D eigenvalue weighted by molar-refractivity contribution is 0.174. The van der Waals surface area contributed by atoms with Gasteiger partial charge in [-0.2, -0.15) is 0 Å². The van der Waals surface area contributed by atoms with Gasteiger partial charge >= 0.3 is 0 Å². The Bertz CT molecular complexity index is 370. The zero-order valence-corrected chi connectivity index (χ0v) is 9.32. The minimum Gasteiger partial charge on any atom is -0.496 e. The van der Waals surface area contributed by atoms with Crippen LogP contribution in [0.3, 0.4) is 0 Å². The number of aliphatic hydroxyl groups excluding tert-OH is 1. The van der Waals surface area contributed by atoms with Crippen LogP contribution in [0, 0.1) is 5.82 Å².